The smallest absolute Gasteiger partial charge is 0.326 e. The molecule has 0 radical (unpaired) electrons. The molecule has 2 saturated heterocycles. The zero-order valence-electron chi connectivity index (χ0n) is 12.7. The highest BCUT2D eigenvalue weighted by Crippen LogP contribution is 2.34. The van der Waals surface area contributed by atoms with E-state index in [1.165, 1.54) is 6.07 Å². The Morgan fingerprint density at radius 3 is 2.67 bits per heavy atom. The summed E-state index contributed by atoms with van der Waals surface area (Å²) in [6, 6.07) is 2.39. The van der Waals surface area contributed by atoms with Gasteiger partial charge in [-0.2, -0.15) is 8.42 Å². The van der Waals surface area contributed by atoms with Crippen LogP contribution < -0.4 is 9.03 Å². The summed E-state index contributed by atoms with van der Waals surface area (Å²) in [7, 11) is -4.19. The van der Waals surface area contributed by atoms with Crippen molar-refractivity contribution in [2.75, 3.05) is 30.5 Å². The molecule has 10 heteroatoms. The minimum Gasteiger partial charge on any atom is -0.506 e. The quantitative estimate of drug-likeness (QED) is 0.805. The lowest BCUT2D eigenvalue weighted by Gasteiger charge is -2.19. The summed E-state index contributed by atoms with van der Waals surface area (Å²) in [6.45, 7) is 0.901. The third-order valence-corrected chi connectivity index (χ3v) is 5.48. The van der Waals surface area contributed by atoms with E-state index in [-0.39, 0.29) is 0 Å². The van der Waals surface area contributed by atoms with Gasteiger partial charge in [-0.05, 0) is 30.5 Å². The van der Waals surface area contributed by atoms with Gasteiger partial charge in [-0.15, -0.1) is 0 Å². The predicted molar refractivity (Wildman–Crippen MR) is 82.1 cm³/mol. The average Bonchev–Trinajstić information content (AvgIpc) is 2.99. The molecule has 1 aromatic rings. The van der Waals surface area contributed by atoms with Crippen molar-refractivity contribution in [3.63, 3.8) is 0 Å². The topological polar surface area (TPSA) is 90.0 Å². The Hall–Kier alpha value is -1.94. The Balaban J connectivity index is 1.78. The van der Waals surface area contributed by atoms with Gasteiger partial charge in [0.15, 0.2) is 5.82 Å². The molecule has 2 aliphatic heterocycles. The highest BCUT2D eigenvalue weighted by Gasteiger charge is 2.37. The number of nitrogens with one attached hydrogen (secondary N) is 1. The number of benzene rings is 1. The van der Waals surface area contributed by atoms with Crippen molar-refractivity contribution in [2.45, 2.75) is 19.0 Å². The summed E-state index contributed by atoms with van der Waals surface area (Å²) in [6.07, 6.45) is 0.0243. The van der Waals surface area contributed by atoms with E-state index in [1.807, 2.05) is 4.90 Å². The van der Waals surface area contributed by atoms with Crippen LogP contribution in [0.25, 0.3) is 0 Å². The Bertz CT molecular complexity index is 748. The molecule has 24 heavy (non-hydrogen) atoms. The Morgan fingerprint density at radius 2 is 2.12 bits per heavy atom. The second-order valence-corrected chi connectivity index (χ2v) is 7.51. The van der Waals surface area contributed by atoms with E-state index in [1.54, 1.807) is 4.72 Å². The molecule has 0 aromatic heterocycles. The Kier molecular flexibility index (Phi) is 4.35. The van der Waals surface area contributed by atoms with E-state index in [9.17, 15) is 27.1 Å². The zero-order chi connectivity index (χ0) is 17.5. The minimum absolute atomic E-state index is 0.340. The maximum absolute atomic E-state index is 14.3. The normalized spacial score (nSPS) is 23.7. The lowest BCUT2D eigenvalue weighted by molar-refractivity contribution is -0.117. The SMILES string of the molecule is O=C1CN(c2c(O)cc(CCN3CCC(F)C3)cc2F)S(=O)(=O)N1. The van der Waals surface area contributed by atoms with Crippen LogP contribution in [0.4, 0.5) is 14.5 Å². The van der Waals surface area contributed by atoms with E-state index < -0.39 is 46.1 Å². The van der Waals surface area contributed by atoms with Gasteiger partial charge in [0.2, 0.25) is 0 Å². The van der Waals surface area contributed by atoms with Gasteiger partial charge < -0.3 is 10.0 Å². The molecule has 1 aromatic carbocycles. The number of phenolic OH excluding ortho intramolecular Hbond substituents is 1. The number of carbonyl (C=O) groups is 1. The fourth-order valence-corrected chi connectivity index (χ4v) is 4.12. The standard InChI is InChI=1S/C14H17F2N3O4S/c15-10-2-4-18(7-10)3-1-9-5-11(16)14(12(20)6-9)19-8-13(21)17-24(19,22)23/h5-6,10,20H,1-4,7-8H2,(H,17,21). The molecular formula is C14H17F2N3O4S. The molecule has 132 valence electrons. The van der Waals surface area contributed by atoms with Crippen LogP contribution in [0.2, 0.25) is 0 Å². The summed E-state index contributed by atoms with van der Waals surface area (Å²) >= 11 is 0. The molecule has 0 saturated carbocycles. The monoisotopic (exact) mass is 361 g/mol. The van der Waals surface area contributed by atoms with Crippen LogP contribution in [-0.4, -0.2) is 56.7 Å². The van der Waals surface area contributed by atoms with Crippen molar-refractivity contribution in [1.29, 1.82) is 0 Å². The number of rotatable bonds is 4. The number of carbonyl (C=O) groups excluding carboxylic acids is 1. The lowest BCUT2D eigenvalue weighted by atomic mass is 10.1. The molecule has 2 heterocycles. The highest BCUT2D eigenvalue weighted by atomic mass is 32.2. The van der Waals surface area contributed by atoms with Crippen molar-refractivity contribution in [3.05, 3.63) is 23.5 Å². The van der Waals surface area contributed by atoms with Crippen LogP contribution in [0, 0.1) is 5.82 Å². The number of likely N-dealkylation sites (tertiary alicyclic amines) is 1. The first-order valence-corrected chi connectivity index (χ1v) is 8.91. The van der Waals surface area contributed by atoms with Crippen LogP contribution in [0.3, 0.4) is 0 Å². The van der Waals surface area contributed by atoms with E-state index in [0.29, 0.717) is 42.3 Å². The molecule has 2 N–H and O–H groups in total. The first-order chi connectivity index (χ1) is 11.3. The van der Waals surface area contributed by atoms with E-state index in [0.717, 1.165) is 6.07 Å². The first kappa shape index (κ1) is 16.9. The number of aromatic hydroxyl groups is 1. The average molecular weight is 361 g/mol. The maximum atomic E-state index is 14.3. The summed E-state index contributed by atoms with van der Waals surface area (Å²) in [4.78, 5) is 13.1. The lowest BCUT2D eigenvalue weighted by Crippen LogP contribution is -2.30. The molecule has 2 fully saturated rings. The van der Waals surface area contributed by atoms with Crippen molar-refractivity contribution < 1.29 is 27.1 Å². The van der Waals surface area contributed by atoms with Crippen LogP contribution in [-0.2, 0) is 21.4 Å². The molecule has 3 rings (SSSR count). The van der Waals surface area contributed by atoms with Crippen molar-refractivity contribution in [3.8, 4) is 5.75 Å². The van der Waals surface area contributed by atoms with Gasteiger partial charge in [0.25, 0.3) is 5.91 Å². The van der Waals surface area contributed by atoms with Crippen molar-refractivity contribution >= 4 is 21.8 Å². The Labute approximate surface area is 138 Å². The highest BCUT2D eigenvalue weighted by molar-refractivity contribution is 7.92. The second kappa shape index (κ2) is 6.17. The molecule has 7 nitrogen and oxygen atoms in total. The van der Waals surface area contributed by atoms with Gasteiger partial charge in [0.05, 0.1) is 0 Å². The molecule has 1 atom stereocenters. The van der Waals surface area contributed by atoms with Gasteiger partial charge >= 0.3 is 10.2 Å². The summed E-state index contributed by atoms with van der Waals surface area (Å²) in [5.74, 6) is -2.29. The summed E-state index contributed by atoms with van der Waals surface area (Å²) in [5, 5.41) is 10.0. The fraction of sp³-hybridized carbons (Fsp3) is 0.500. The van der Waals surface area contributed by atoms with Crippen LogP contribution in [0.5, 0.6) is 5.75 Å². The number of phenols is 1. The number of amides is 1. The number of halogens is 2. The maximum Gasteiger partial charge on any atom is 0.326 e. The number of anilines is 1. The Morgan fingerprint density at radius 1 is 1.38 bits per heavy atom. The third kappa shape index (κ3) is 3.29. The van der Waals surface area contributed by atoms with Crippen LogP contribution >= 0.6 is 0 Å². The number of hydrogen-bond donors (Lipinski definition) is 2. The van der Waals surface area contributed by atoms with Crippen LogP contribution in [0.1, 0.15) is 12.0 Å². The number of nitrogens with zero attached hydrogens (tertiary/aromatic N) is 2. The van der Waals surface area contributed by atoms with E-state index in [4.69, 9.17) is 0 Å². The largest absolute Gasteiger partial charge is 0.506 e. The van der Waals surface area contributed by atoms with Gasteiger partial charge in [-0.3, -0.25) is 4.79 Å². The molecule has 1 unspecified atom stereocenters. The van der Waals surface area contributed by atoms with Gasteiger partial charge in [0, 0.05) is 19.6 Å². The number of alkyl halides is 1. The summed E-state index contributed by atoms with van der Waals surface area (Å²) < 4.78 is 53.2. The molecule has 2 aliphatic rings. The minimum atomic E-state index is -4.19. The third-order valence-electron chi connectivity index (χ3n) is 4.10. The number of hydrogen-bond acceptors (Lipinski definition) is 5. The zero-order valence-corrected chi connectivity index (χ0v) is 13.5. The van der Waals surface area contributed by atoms with Crippen molar-refractivity contribution in [1.82, 2.24) is 9.62 Å². The van der Waals surface area contributed by atoms with Crippen molar-refractivity contribution in [2.24, 2.45) is 0 Å². The molecule has 0 bridgehead atoms. The fourth-order valence-electron chi connectivity index (χ4n) is 2.95. The van der Waals surface area contributed by atoms with E-state index >= 15 is 0 Å². The first-order valence-electron chi connectivity index (χ1n) is 7.47. The molecule has 0 spiro atoms. The molecular weight excluding hydrogens is 344 g/mol. The molecule has 1 amide bonds. The van der Waals surface area contributed by atoms with Gasteiger partial charge in [0.1, 0.15) is 24.2 Å². The predicted octanol–water partition coefficient (Wildman–Crippen LogP) is 0.299. The van der Waals surface area contributed by atoms with Gasteiger partial charge in [-0.1, -0.05) is 0 Å². The second-order valence-electron chi connectivity index (χ2n) is 5.92. The summed E-state index contributed by atoms with van der Waals surface area (Å²) in [5.41, 5.74) is -0.0889. The molecule has 0 aliphatic carbocycles. The van der Waals surface area contributed by atoms with E-state index in [2.05, 4.69) is 0 Å². The van der Waals surface area contributed by atoms with Gasteiger partial charge in [-0.25, -0.2) is 17.8 Å². The van der Waals surface area contributed by atoms with Crippen LogP contribution in [0.15, 0.2) is 12.1 Å².